The zero-order valence-corrected chi connectivity index (χ0v) is 15.3. The minimum Gasteiger partial charge on any atom is -0.383 e. The molecule has 0 radical (unpaired) electrons. The van der Waals surface area contributed by atoms with Crippen molar-refractivity contribution in [2.24, 2.45) is 0 Å². The highest BCUT2D eigenvalue weighted by atomic mass is 32.2. The maximum atomic E-state index is 12.2. The summed E-state index contributed by atoms with van der Waals surface area (Å²) in [5, 5.41) is 30.2. The standard InChI is InChI=1S/C17H11N7OS2/c18-7-11-6-12(8-19)15(22-14(11)20)26-9-13(25)21-17-24-23-16(27-17)10-4-2-1-3-5-10/h1-6H,9H2,(H2,20,22)(H,21,24,25). The van der Waals surface area contributed by atoms with Crippen molar-refractivity contribution in [3.8, 4) is 22.7 Å². The Hall–Kier alpha value is -3.47. The lowest BCUT2D eigenvalue weighted by Crippen LogP contribution is -2.14. The Morgan fingerprint density at radius 1 is 1.19 bits per heavy atom. The van der Waals surface area contributed by atoms with Crippen LogP contribution >= 0.6 is 23.1 Å². The number of pyridine rings is 1. The molecule has 3 N–H and O–H groups in total. The van der Waals surface area contributed by atoms with Crippen LogP contribution in [-0.2, 0) is 4.79 Å². The Balaban J connectivity index is 1.64. The molecule has 0 saturated heterocycles. The summed E-state index contributed by atoms with van der Waals surface area (Å²) in [5.41, 5.74) is 6.91. The van der Waals surface area contributed by atoms with Crippen molar-refractivity contribution in [2.45, 2.75) is 5.03 Å². The van der Waals surface area contributed by atoms with E-state index in [1.807, 2.05) is 42.5 Å². The van der Waals surface area contributed by atoms with E-state index in [2.05, 4.69) is 20.5 Å². The molecule has 1 amide bonds. The third kappa shape index (κ3) is 4.39. The zero-order chi connectivity index (χ0) is 19.2. The summed E-state index contributed by atoms with van der Waals surface area (Å²) in [7, 11) is 0. The third-order valence-electron chi connectivity index (χ3n) is 3.29. The van der Waals surface area contributed by atoms with Crippen molar-refractivity contribution in [2.75, 3.05) is 16.8 Å². The summed E-state index contributed by atoms with van der Waals surface area (Å²) in [6.45, 7) is 0. The van der Waals surface area contributed by atoms with Crippen molar-refractivity contribution in [1.82, 2.24) is 15.2 Å². The lowest BCUT2D eigenvalue weighted by molar-refractivity contribution is -0.113. The van der Waals surface area contributed by atoms with Crippen LogP contribution in [0, 0.1) is 22.7 Å². The molecule has 0 saturated carbocycles. The maximum absolute atomic E-state index is 12.2. The van der Waals surface area contributed by atoms with Crippen LogP contribution in [0.15, 0.2) is 41.4 Å². The number of nitriles is 2. The van der Waals surface area contributed by atoms with Gasteiger partial charge in [-0.1, -0.05) is 53.4 Å². The Bertz CT molecular complexity index is 1070. The molecule has 1 aromatic carbocycles. The smallest absolute Gasteiger partial charge is 0.236 e. The SMILES string of the molecule is N#Cc1cc(C#N)c(SCC(=O)Nc2nnc(-c3ccccc3)s2)nc1N. The van der Waals surface area contributed by atoms with Gasteiger partial charge in [0, 0.05) is 5.56 Å². The number of nitrogens with one attached hydrogen (secondary N) is 1. The number of hydrogen-bond donors (Lipinski definition) is 2. The molecule has 2 aromatic heterocycles. The van der Waals surface area contributed by atoms with Gasteiger partial charge in [-0.25, -0.2) is 4.98 Å². The summed E-state index contributed by atoms with van der Waals surface area (Å²) in [6.07, 6.45) is 0. The van der Waals surface area contributed by atoms with E-state index in [0.717, 1.165) is 17.3 Å². The van der Waals surface area contributed by atoms with E-state index in [0.29, 0.717) is 15.2 Å². The van der Waals surface area contributed by atoms with E-state index in [9.17, 15) is 10.1 Å². The van der Waals surface area contributed by atoms with Gasteiger partial charge < -0.3 is 5.73 Å². The topological polar surface area (TPSA) is 141 Å². The summed E-state index contributed by atoms with van der Waals surface area (Å²) < 4.78 is 0. The molecule has 10 heteroatoms. The number of benzene rings is 1. The van der Waals surface area contributed by atoms with Crippen LogP contribution in [0.3, 0.4) is 0 Å². The fourth-order valence-electron chi connectivity index (χ4n) is 2.05. The summed E-state index contributed by atoms with van der Waals surface area (Å²) >= 11 is 2.32. The highest BCUT2D eigenvalue weighted by Crippen LogP contribution is 2.27. The van der Waals surface area contributed by atoms with Gasteiger partial charge in [0.2, 0.25) is 11.0 Å². The molecule has 0 aliphatic heterocycles. The fraction of sp³-hybridized carbons (Fsp3) is 0.0588. The van der Waals surface area contributed by atoms with Crippen molar-refractivity contribution in [1.29, 1.82) is 10.5 Å². The van der Waals surface area contributed by atoms with E-state index in [4.69, 9.17) is 11.0 Å². The van der Waals surface area contributed by atoms with Crippen LogP contribution in [0.1, 0.15) is 11.1 Å². The molecule has 0 bridgehead atoms. The summed E-state index contributed by atoms with van der Waals surface area (Å²) in [6, 6.07) is 14.7. The van der Waals surface area contributed by atoms with Gasteiger partial charge in [-0.3, -0.25) is 10.1 Å². The molecular formula is C17H11N7OS2. The number of aromatic nitrogens is 3. The normalized spacial score (nSPS) is 10.0. The fourth-order valence-corrected chi connectivity index (χ4v) is 3.58. The second kappa shape index (κ2) is 8.27. The number of nitrogen functional groups attached to an aromatic ring is 1. The van der Waals surface area contributed by atoms with E-state index in [1.54, 1.807) is 0 Å². The third-order valence-corrected chi connectivity index (χ3v) is 5.17. The second-order valence-electron chi connectivity index (χ2n) is 5.11. The molecule has 0 aliphatic rings. The molecule has 27 heavy (non-hydrogen) atoms. The lowest BCUT2D eigenvalue weighted by atomic mass is 10.2. The van der Waals surface area contributed by atoms with Crippen LogP contribution in [0.4, 0.5) is 10.9 Å². The summed E-state index contributed by atoms with van der Waals surface area (Å²) in [4.78, 5) is 16.2. The van der Waals surface area contributed by atoms with Crippen molar-refractivity contribution in [3.05, 3.63) is 47.5 Å². The average molecular weight is 393 g/mol. The van der Waals surface area contributed by atoms with E-state index < -0.39 is 0 Å². The van der Waals surface area contributed by atoms with Gasteiger partial charge in [0.25, 0.3) is 0 Å². The van der Waals surface area contributed by atoms with Crippen molar-refractivity contribution in [3.63, 3.8) is 0 Å². The van der Waals surface area contributed by atoms with E-state index in [-0.39, 0.29) is 28.6 Å². The van der Waals surface area contributed by atoms with Crippen LogP contribution in [0.25, 0.3) is 10.6 Å². The molecule has 3 aromatic rings. The highest BCUT2D eigenvalue weighted by molar-refractivity contribution is 8.00. The van der Waals surface area contributed by atoms with Crippen LogP contribution in [0.5, 0.6) is 0 Å². The number of nitrogens with zero attached hydrogens (tertiary/aromatic N) is 5. The lowest BCUT2D eigenvalue weighted by Gasteiger charge is -2.05. The first kappa shape index (κ1) is 18.3. The van der Waals surface area contributed by atoms with Gasteiger partial charge in [-0.05, 0) is 6.07 Å². The minimum absolute atomic E-state index is 0.00721. The number of amides is 1. The predicted octanol–water partition coefficient (Wildman–Crippen LogP) is 2.66. The van der Waals surface area contributed by atoms with E-state index in [1.165, 1.54) is 17.4 Å². The van der Waals surface area contributed by atoms with Gasteiger partial charge in [0.1, 0.15) is 28.0 Å². The average Bonchev–Trinajstić information content (AvgIpc) is 3.15. The molecule has 0 fully saturated rings. The Kier molecular flexibility index (Phi) is 5.61. The molecular weight excluding hydrogens is 382 g/mol. The van der Waals surface area contributed by atoms with Gasteiger partial charge >= 0.3 is 0 Å². The molecule has 0 spiro atoms. The van der Waals surface area contributed by atoms with Crippen LogP contribution < -0.4 is 11.1 Å². The molecule has 132 valence electrons. The molecule has 3 rings (SSSR count). The number of nitrogens with two attached hydrogens (primary N) is 1. The first-order valence-electron chi connectivity index (χ1n) is 7.53. The Labute approximate surface area is 162 Å². The largest absolute Gasteiger partial charge is 0.383 e. The summed E-state index contributed by atoms with van der Waals surface area (Å²) in [5.74, 6) is -0.284. The molecule has 0 unspecified atom stereocenters. The number of carbonyl (C=O) groups is 1. The van der Waals surface area contributed by atoms with Gasteiger partial charge in [-0.2, -0.15) is 10.5 Å². The maximum Gasteiger partial charge on any atom is 0.236 e. The van der Waals surface area contributed by atoms with Crippen molar-refractivity contribution >= 4 is 40.0 Å². The minimum atomic E-state index is -0.315. The molecule has 2 heterocycles. The van der Waals surface area contributed by atoms with Crippen LogP contribution in [-0.4, -0.2) is 26.8 Å². The monoisotopic (exact) mass is 393 g/mol. The van der Waals surface area contributed by atoms with E-state index >= 15 is 0 Å². The predicted molar refractivity (Wildman–Crippen MR) is 103 cm³/mol. The quantitative estimate of drug-likeness (QED) is 0.630. The number of carbonyl (C=O) groups excluding carboxylic acids is 1. The second-order valence-corrected chi connectivity index (χ2v) is 7.05. The molecule has 8 nitrogen and oxygen atoms in total. The van der Waals surface area contributed by atoms with Gasteiger partial charge in [-0.15, -0.1) is 10.2 Å². The van der Waals surface area contributed by atoms with Gasteiger partial charge in [0.15, 0.2) is 0 Å². The Morgan fingerprint density at radius 3 is 2.63 bits per heavy atom. The van der Waals surface area contributed by atoms with Gasteiger partial charge in [0.05, 0.1) is 16.9 Å². The first-order valence-corrected chi connectivity index (χ1v) is 9.33. The highest BCUT2D eigenvalue weighted by Gasteiger charge is 2.14. The number of anilines is 2. The van der Waals surface area contributed by atoms with Crippen LogP contribution in [0.2, 0.25) is 0 Å². The zero-order valence-electron chi connectivity index (χ0n) is 13.7. The van der Waals surface area contributed by atoms with Crippen molar-refractivity contribution < 1.29 is 4.79 Å². The number of hydrogen-bond acceptors (Lipinski definition) is 9. The molecule has 0 aliphatic carbocycles. The Morgan fingerprint density at radius 2 is 1.93 bits per heavy atom. The molecule has 0 atom stereocenters. The number of thioether (sulfide) groups is 1. The number of rotatable bonds is 5. The first-order chi connectivity index (χ1) is 13.1.